The van der Waals surface area contributed by atoms with E-state index in [1.165, 1.54) is 11.1 Å². The van der Waals surface area contributed by atoms with Gasteiger partial charge in [-0.1, -0.05) is 13.8 Å². The molecule has 3 N–H and O–H groups in total. The highest BCUT2D eigenvalue weighted by atomic mass is 16.1. The van der Waals surface area contributed by atoms with Gasteiger partial charge in [0.25, 0.3) is 5.56 Å². The number of nitrogens with two attached hydrogens (primary N) is 1. The van der Waals surface area contributed by atoms with Gasteiger partial charge in [0.05, 0.1) is 0 Å². The molecule has 82 valence electrons. The van der Waals surface area contributed by atoms with E-state index >= 15 is 0 Å². The fourth-order valence-corrected chi connectivity index (χ4v) is 2.60. The zero-order chi connectivity index (χ0) is 11.0. The molecule has 0 unspecified atom stereocenters. The highest BCUT2D eigenvalue weighted by molar-refractivity contribution is 5.41. The van der Waals surface area contributed by atoms with Crippen LogP contribution in [0.15, 0.2) is 4.79 Å². The van der Waals surface area contributed by atoms with E-state index in [4.69, 9.17) is 5.73 Å². The van der Waals surface area contributed by atoms with Gasteiger partial charge in [0.15, 0.2) is 0 Å². The first-order valence-corrected chi connectivity index (χ1v) is 5.62. The standard InChI is InChI=1S/C12H18N2O/c1-7(2)11-8-4-3-5-10(8)14-12(15)9(11)6-13/h7H,3-6,13H2,1-2H3,(H,14,15). The Hall–Kier alpha value is -1.09. The third kappa shape index (κ3) is 1.61. The van der Waals surface area contributed by atoms with Crippen molar-refractivity contribution in [1.29, 1.82) is 0 Å². The summed E-state index contributed by atoms with van der Waals surface area (Å²) in [4.78, 5) is 14.8. The van der Waals surface area contributed by atoms with Gasteiger partial charge in [0.2, 0.25) is 0 Å². The van der Waals surface area contributed by atoms with Crippen LogP contribution in [0.4, 0.5) is 0 Å². The zero-order valence-electron chi connectivity index (χ0n) is 9.39. The van der Waals surface area contributed by atoms with Crippen LogP contribution >= 0.6 is 0 Å². The topological polar surface area (TPSA) is 58.9 Å². The van der Waals surface area contributed by atoms with Crippen molar-refractivity contribution in [3.63, 3.8) is 0 Å². The predicted molar refractivity (Wildman–Crippen MR) is 61.1 cm³/mol. The number of nitrogens with one attached hydrogen (secondary N) is 1. The number of hydrogen-bond donors (Lipinski definition) is 2. The molecule has 0 spiro atoms. The molecular weight excluding hydrogens is 188 g/mol. The molecule has 0 bridgehead atoms. The average molecular weight is 206 g/mol. The van der Waals surface area contributed by atoms with E-state index in [2.05, 4.69) is 18.8 Å². The third-order valence-corrected chi connectivity index (χ3v) is 3.19. The maximum Gasteiger partial charge on any atom is 0.252 e. The number of aryl methyl sites for hydroxylation is 1. The van der Waals surface area contributed by atoms with Crippen molar-refractivity contribution >= 4 is 0 Å². The summed E-state index contributed by atoms with van der Waals surface area (Å²) < 4.78 is 0. The summed E-state index contributed by atoms with van der Waals surface area (Å²) in [7, 11) is 0. The minimum absolute atomic E-state index is 0.0156. The summed E-state index contributed by atoms with van der Waals surface area (Å²) in [6.45, 7) is 4.61. The Morgan fingerprint density at radius 3 is 2.73 bits per heavy atom. The molecule has 1 aromatic rings. The fraction of sp³-hybridized carbons (Fsp3) is 0.583. The molecule has 0 aromatic carbocycles. The molecule has 1 aliphatic carbocycles. The second-order valence-electron chi connectivity index (χ2n) is 4.52. The van der Waals surface area contributed by atoms with Crippen molar-refractivity contribution in [2.24, 2.45) is 5.73 Å². The summed E-state index contributed by atoms with van der Waals surface area (Å²) in [5.41, 5.74) is 10.2. The number of rotatable bonds is 2. The van der Waals surface area contributed by atoms with Crippen LogP contribution in [0.25, 0.3) is 0 Å². The molecule has 0 atom stereocenters. The lowest BCUT2D eigenvalue weighted by atomic mass is 9.92. The molecule has 0 amide bonds. The number of pyridine rings is 1. The highest BCUT2D eigenvalue weighted by Gasteiger charge is 2.21. The zero-order valence-corrected chi connectivity index (χ0v) is 9.39. The van der Waals surface area contributed by atoms with Crippen molar-refractivity contribution < 1.29 is 0 Å². The van der Waals surface area contributed by atoms with E-state index in [-0.39, 0.29) is 5.56 Å². The van der Waals surface area contributed by atoms with E-state index in [0.29, 0.717) is 12.5 Å². The third-order valence-electron chi connectivity index (χ3n) is 3.19. The van der Waals surface area contributed by atoms with Crippen LogP contribution in [0.5, 0.6) is 0 Å². The van der Waals surface area contributed by atoms with Gasteiger partial charge in [-0.3, -0.25) is 4.79 Å². The number of fused-ring (bicyclic) bond motifs is 1. The molecule has 3 heteroatoms. The Labute approximate surface area is 89.7 Å². The van der Waals surface area contributed by atoms with Crippen molar-refractivity contribution in [1.82, 2.24) is 4.98 Å². The number of aromatic nitrogens is 1. The summed E-state index contributed by atoms with van der Waals surface area (Å²) >= 11 is 0. The van der Waals surface area contributed by atoms with Crippen LogP contribution in [0.2, 0.25) is 0 Å². The van der Waals surface area contributed by atoms with Gasteiger partial charge in [-0.05, 0) is 36.3 Å². The van der Waals surface area contributed by atoms with Crippen LogP contribution < -0.4 is 11.3 Å². The van der Waals surface area contributed by atoms with Gasteiger partial charge in [0.1, 0.15) is 0 Å². The molecular formula is C12H18N2O. The first-order valence-electron chi connectivity index (χ1n) is 5.62. The van der Waals surface area contributed by atoms with Gasteiger partial charge >= 0.3 is 0 Å². The van der Waals surface area contributed by atoms with Gasteiger partial charge in [-0.2, -0.15) is 0 Å². The SMILES string of the molecule is CC(C)c1c2c([nH]c(=O)c1CN)CCC2. The number of aromatic amines is 1. The summed E-state index contributed by atoms with van der Waals surface area (Å²) in [5, 5.41) is 0. The number of H-pyrrole nitrogens is 1. The molecule has 1 aromatic heterocycles. The van der Waals surface area contributed by atoms with Gasteiger partial charge in [0, 0.05) is 17.8 Å². The van der Waals surface area contributed by atoms with E-state index in [1.54, 1.807) is 0 Å². The normalized spacial score (nSPS) is 14.7. The lowest BCUT2D eigenvalue weighted by molar-refractivity contribution is 0.804. The molecule has 0 saturated carbocycles. The summed E-state index contributed by atoms with van der Waals surface area (Å²) in [5.74, 6) is 0.387. The van der Waals surface area contributed by atoms with Crippen LogP contribution in [-0.4, -0.2) is 4.98 Å². The van der Waals surface area contributed by atoms with Gasteiger partial charge < -0.3 is 10.7 Å². The molecule has 3 nitrogen and oxygen atoms in total. The predicted octanol–water partition coefficient (Wildman–Crippen LogP) is 1.45. The average Bonchev–Trinajstić information content (AvgIpc) is 2.62. The Kier molecular flexibility index (Phi) is 2.65. The number of hydrogen-bond acceptors (Lipinski definition) is 2. The summed E-state index contributed by atoms with van der Waals surface area (Å²) in [6, 6.07) is 0. The minimum Gasteiger partial charge on any atom is -0.326 e. The smallest absolute Gasteiger partial charge is 0.252 e. The lowest BCUT2D eigenvalue weighted by Crippen LogP contribution is -2.22. The van der Waals surface area contributed by atoms with Gasteiger partial charge in [-0.15, -0.1) is 0 Å². The molecule has 0 radical (unpaired) electrons. The maximum absolute atomic E-state index is 11.8. The highest BCUT2D eigenvalue weighted by Crippen LogP contribution is 2.29. The molecule has 0 saturated heterocycles. The van der Waals surface area contributed by atoms with Crippen molar-refractivity contribution in [2.45, 2.75) is 45.6 Å². The molecule has 0 aliphatic heterocycles. The van der Waals surface area contributed by atoms with Crippen LogP contribution in [0, 0.1) is 0 Å². The minimum atomic E-state index is 0.0156. The van der Waals surface area contributed by atoms with E-state index in [1.807, 2.05) is 0 Å². The lowest BCUT2D eigenvalue weighted by Gasteiger charge is -2.15. The van der Waals surface area contributed by atoms with E-state index in [9.17, 15) is 4.79 Å². The second-order valence-corrected chi connectivity index (χ2v) is 4.52. The second kappa shape index (κ2) is 3.81. The maximum atomic E-state index is 11.8. The van der Waals surface area contributed by atoms with E-state index in [0.717, 1.165) is 30.5 Å². The molecule has 15 heavy (non-hydrogen) atoms. The van der Waals surface area contributed by atoms with Crippen molar-refractivity contribution in [3.05, 3.63) is 32.7 Å². The molecule has 2 rings (SSSR count). The largest absolute Gasteiger partial charge is 0.326 e. The molecule has 0 fully saturated rings. The Bertz CT molecular complexity index is 432. The van der Waals surface area contributed by atoms with Crippen LogP contribution in [-0.2, 0) is 19.4 Å². The molecule has 1 heterocycles. The first-order chi connectivity index (χ1) is 7.15. The first kappa shape index (κ1) is 10.4. The van der Waals surface area contributed by atoms with Gasteiger partial charge in [-0.25, -0.2) is 0 Å². The Balaban J connectivity index is 2.71. The Morgan fingerprint density at radius 1 is 1.40 bits per heavy atom. The Morgan fingerprint density at radius 2 is 2.13 bits per heavy atom. The van der Waals surface area contributed by atoms with E-state index < -0.39 is 0 Å². The fourth-order valence-electron chi connectivity index (χ4n) is 2.60. The van der Waals surface area contributed by atoms with Crippen LogP contribution in [0.1, 0.15) is 48.6 Å². The monoisotopic (exact) mass is 206 g/mol. The van der Waals surface area contributed by atoms with Crippen LogP contribution in [0.3, 0.4) is 0 Å². The van der Waals surface area contributed by atoms with Crippen molar-refractivity contribution in [3.8, 4) is 0 Å². The summed E-state index contributed by atoms with van der Waals surface area (Å²) in [6.07, 6.45) is 3.25. The molecule has 1 aliphatic rings. The quantitative estimate of drug-likeness (QED) is 0.769. The van der Waals surface area contributed by atoms with Crippen molar-refractivity contribution in [2.75, 3.05) is 0 Å².